The van der Waals surface area contributed by atoms with Gasteiger partial charge in [0.1, 0.15) is 5.75 Å². The molecule has 1 N–H and O–H groups in total. The summed E-state index contributed by atoms with van der Waals surface area (Å²) in [5, 5.41) is 3.62. The van der Waals surface area contributed by atoms with E-state index in [4.69, 9.17) is 4.74 Å². The van der Waals surface area contributed by atoms with E-state index in [1.165, 1.54) is 24.8 Å². The molecule has 1 fully saturated rings. The van der Waals surface area contributed by atoms with Gasteiger partial charge in [-0.1, -0.05) is 27.2 Å². The summed E-state index contributed by atoms with van der Waals surface area (Å²) in [6.45, 7) is 9.67. The highest BCUT2D eigenvalue weighted by Crippen LogP contribution is 2.39. The first-order chi connectivity index (χ1) is 10.2. The molecule has 0 amide bonds. The molecule has 21 heavy (non-hydrogen) atoms. The fraction of sp³-hybridized carbons (Fsp3) is 0.722. The molecular weight excluding hydrogens is 260 g/mol. The Hall–Kier alpha value is -1.09. The van der Waals surface area contributed by atoms with Crippen molar-refractivity contribution >= 4 is 0 Å². The Kier molecular flexibility index (Phi) is 6.50. The summed E-state index contributed by atoms with van der Waals surface area (Å²) in [5.74, 6) is 3.03. The highest BCUT2D eigenvalue weighted by Gasteiger charge is 2.28. The second kappa shape index (κ2) is 8.38. The molecule has 0 saturated heterocycles. The summed E-state index contributed by atoms with van der Waals surface area (Å²) in [6, 6.07) is 2.20. The molecule has 0 aromatic carbocycles. The number of aromatic nitrogens is 1. The predicted molar refractivity (Wildman–Crippen MR) is 87.8 cm³/mol. The largest absolute Gasteiger partial charge is 0.492 e. The van der Waals surface area contributed by atoms with Gasteiger partial charge in [0.05, 0.1) is 12.8 Å². The summed E-state index contributed by atoms with van der Waals surface area (Å²) >= 11 is 0. The first kappa shape index (κ1) is 16.3. The minimum atomic E-state index is 0.641. The maximum atomic E-state index is 5.73. The van der Waals surface area contributed by atoms with Crippen LogP contribution in [-0.4, -0.2) is 24.7 Å². The second-order valence-electron chi connectivity index (χ2n) is 6.65. The lowest BCUT2D eigenvalue weighted by Gasteiger charge is -2.21. The number of nitrogens with zero attached hydrogens (tertiary/aromatic N) is 1. The third kappa shape index (κ3) is 4.99. The van der Waals surface area contributed by atoms with E-state index < -0.39 is 0 Å². The number of pyridine rings is 1. The van der Waals surface area contributed by atoms with Crippen molar-refractivity contribution in [3.8, 4) is 5.75 Å². The van der Waals surface area contributed by atoms with Crippen molar-refractivity contribution in [3.05, 3.63) is 24.0 Å². The van der Waals surface area contributed by atoms with Crippen molar-refractivity contribution < 1.29 is 4.74 Å². The van der Waals surface area contributed by atoms with E-state index in [1.807, 2.05) is 12.4 Å². The molecule has 3 heteroatoms. The highest BCUT2D eigenvalue weighted by molar-refractivity contribution is 5.27. The normalized spacial score (nSPS) is 21.9. The molecule has 2 rings (SSSR count). The molecule has 0 spiro atoms. The van der Waals surface area contributed by atoms with E-state index in [0.717, 1.165) is 43.7 Å². The molecule has 1 aliphatic carbocycles. The van der Waals surface area contributed by atoms with Gasteiger partial charge >= 0.3 is 0 Å². The van der Waals surface area contributed by atoms with Crippen molar-refractivity contribution in [2.75, 3.05) is 19.7 Å². The molecule has 2 unspecified atom stereocenters. The van der Waals surface area contributed by atoms with Crippen LogP contribution in [0.15, 0.2) is 18.5 Å². The van der Waals surface area contributed by atoms with Crippen molar-refractivity contribution in [1.82, 2.24) is 10.3 Å². The monoisotopic (exact) mass is 290 g/mol. The fourth-order valence-electron chi connectivity index (χ4n) is 3.21. The van der Waals surface area contributed by atoms with E-state index >= 15 is 0 Å². The Morgan fingerprint density at radius 2 is 2.19 bits per heavy atom. The molecule has 1 aromatic heterocycles. The van der Waals surface area contributed by atoms with Gasteiger partial charge in [-0.25, -0.2) is 0 Å². The first-order valence-corrected chi connectivity index (χ1v) is 8.49. The number of ether oxygens (including phenoxy) is 1. The minimum absolute atomic E-state index is 0.641. The maximum absolute atomic E-state index is 5.73. The van der Waals surface area contributed by atoms with Crippen LogP contribution in [0.5, 0.6) is 5.75 Å². The van der Waals surface area contributed by atoms with Gasteiger partial charge in [0.15, 0.2) is 0 Å². The summed E-state index contributed by atoms with van der Waals surface area (Å²) in [7, 11) is 0. The summed E-state index contributed by atoms with van der Waals surface area (Å²) < 4.78 is 5.73. The van der Waals surface area contributed by atoms with Crippen LogP contribution in [0.3, 0.4) is 0 Å². The highest BCUT2D eigenvalue weighted by atomic mass is 16.5. The minimum Gasteiger partial charge on any atom is -0.492 e. The Balaban J connectivity index is 1.95. The van der Waals surface area contributed by atoms with Crippen molar-refractivity contribution in [3.63, 3.8) is 0 Å². The van der Waals surface area contributed by atoms with Crippen LogP contribution in [0.25, 0.3) is 0 Å². The van der Waals surface area contributed by atoms with E-state index in [0.29, 0.717) is 5.92 Å². The molecule has 118 valence electrons. The topological polar surface area (TPSA) is 34.1 Å². The van der Waals surface area contributed by atoms with E-state index in [-0.39, 0.29) is 0 Å². The number of hydrogen-bond donors (Lipinski definition) is 1. The second-order valence-corrected chi connectivity index (χ2v) is 6.65. The molecule has 0 radical (unpaired) electrons. The fourth-order valence-corrected chi connectivity index (χ4v) is 3.21. The maximum Gasteiger partial charge on any atom is 0.137 e. The van der Waals surface area contributed by atoms with Gasteiger partial charge in [0.2, 0.25) is 0 Å². The summed E-state index contributed by atoms with van der Waals surface area (Å²) in [4.78, 5) is 4.38. The molecule has 3 nitrogen and oxygen atoms in total. The average Bonchev–Trinajstić information content (AvgIpc) is 2.93. The molecule has 2 atom stereocenters. The van der Waals surface area contributed by atoms with Gasteiger partial charge in [0, 0.05) is 6.20 Å². The van der Waals surface area contributed by atoms with Crippen molar-refractivity contribution in [1.29, 1.82) is 0 Å². The number of hydrogen-bond acceptors (Lipinski definition) is 3. The zero-order valence-corrected chi connectivity index (χ0v) is 13.8. The van der Waals surface area contributed by atoms with Crippen LogP contribution >= 0.6 is 0 Å². The Morgan fingerprint density at radius 3 is 2.95 bits per heavy atom. The zero-order valence-electron chi connectivity index (χ0n) is 13.8. The molecule has 0 aliphatic heterocycles. The third-order valence-electron chi connectivity index (χ3n) is 4.25. The first-order valence-electron chi connectivity index (χ1n) is 8.49. The SMILES string of the molecule is CCCOc1cncc(C2CCCC2CNCC(C)C)c1. The summed E-state index contributed by atoms with van der Waals surface area (Å²) in [6.07, 6.45) is 8.85. The van der Waals surface area contributed by atoms with Gasteiger partial charge in [-0.3, -0.25) is 4.98 Å². The molecule has 1 heterocycles. The number of nitrogens with one attached hydrogen (secondary N) is 1. The molecular formula is C18H30N2O. The standard InChI is InChI=1S/C18H30N2O/c1-4-8-21-17-9-16(12-20-13-17)18-7-5-6-15(18)11-19-10-14(2)3/h9,12-15,18-19H,4-8,10-11H2,1-3H3. The van der Waals surface area contributed by atoms with Crippen molar-refractivity contribution in [2.24, 2.45) is 11.8 Å². The zero-order chi connectivity index (χ0) is 15.1. The number of rotatable bonds is 8. The average molecular weight is 290 g/mol. The quantitative estimate of drug-likeness (QED) is 0.786. The molecule has 1 aliphatic rings. The van der Waals surface area contributed by atoms with Gasteiger partial charge in [0.25, 0.3) is 0 Å². The smallest absolute Gasteiger partial charge is 0.137 e. The van der Waals surface area contributed by atoms with Crippen molar-refractivity contribution in [2.45, 2.75) is 52.4 Å². The van der Waals surface area contributed by atoms with Crippen LogP contribution in [-0.2, 0) is 0 Å². The molecule has 1 aromatic rings. The Morgan fingerprint density at radius 1 is 1.33 bits per heavy atom. The lowest BCUT2D eigenvalue weighted by Crippen LogP contribution is -2.27. The third-order valence-corrected chi connectivity index (χ3v) is 4.25. The lowest BCUT2D eigenvalue weighted by molar-refractivity contribution is 0.315. The predicted octanol–water partition coefficient (Wildman–Crippen LogP) is 4.00. The van der Waals surface area contributed by atoms with E-state index in [1.54, 1.807) is 0 Å². The van der Waals surface area contributed by atoms with Gasteiger partial charge < -0.3 is 10.1 Å². The van der Waals surface area contributed by atoms with Crippen LogP contribution < -0.4 is 10.1 Å². The summed E-state index contributed by atoms with van der Waals surface area (Å²) in [5.41, 5.74) is 1.36. The Bertz CT molecular complexity index is 419. The van der Waals surface area contributed by atoms with E-state index in [9.17, 15) is 0 Å². The van der Waals surface area contributed by atoms with Gasteiger partial charge in [-0.05, 0) is 61.7 Å². The van der Waals surface area contributed by atoms with Crippen LogP contribution in [0, 0.1) is 11.8 Å². The molecule has 1 saturated carbocycles. The van der Waals surface area contributed by atoms with E-state index in [2.05, 4.69) is 37.1 Å². The van der Waals surface area contributed by atoms with Crippen LogP contribution in [0.4, 0.5) is 0 Å². The van der Waals surface area contributed by atoms with Crippen LogP contribution in [0.1, 0.15) is 57.9 Å². The molecule has 0 bridgehead atoms. The van der Waals surface area contributed by atoms with Gasteiger partial charge in [-0.15, -0.1) is 0 Å². The Labute approximate surface area is 129 Å². The van der Waals surface area contributed by atoms with Crippen LogP contribution in [0.2, 0.25) is 0 Å². The lowest BCUT2D eigenvalue weighted by atomic mass is 9.89. The van der Waals surface area contributed by atoms with Gasteiger partial charge in [-0.2, -0.15) is 0 Å².